The zero-order valence-corrected chi connectivity index (χ0v) is 22.0. The minimum absolute atomic E-state index is 0.0193. The molecule has 0 heterocycles. The fraction of sp³-hybridized carbons (Fsp3) is 0.286. The molecule has 8 nitrogen and oxygen atoms in total. The molecule has 0 saturated carbocycles. The molecule has 0 saturated heterocycles. The summed E-state index contributed by atoms with van der Waals surface area (Å²) in [6, 6.07) is 22.0. The van der Waals surface area contributed by atoms with Crippen molar-refractivity contribution >= 4 is 21.8 Å². The van der Waals surface area contributed by atoms with Crippen LogP contribution in [0.5, 0.6) is 0 Å². The molecule has 202 valence electrons. The van der Waals surface area contributed by atoms with Gasteiger partial charge < -0.3 is 15.3 Å². The Morgan fingerprint density at radius 1 is 0.895 bits per heavy atom. The Morgan fingerprint density at radius 3 is 2.05 bits per heavy atom. The molecule has 2 N–H and O–H groups in total. The van der Waals surface area contributed by atoms with Crippen molar-refractivity contribution in [3.05, 3.63) is 107 Å². The maximum absolute atomic E-state index is 13.8. The van der Waals surface area contributed by atoms with E-state index < -0.39 is 40.2 Å². The second-order valence-corrected chi connectivity index (χ2v) is 10.8. The average molecular weight is 542 g/mol. The van der Waals surface area contributed by atoms with Gasteiger partial charge in [0.15, 0.2) is 0 Å². The van der Waals surface area contributed by atoms with E-state index in [1.807, 2.05) is 6.07 Å². The van der Waals surface area contributed by atoms with E-state index in [-0.39, 0.29) is 26.2 Å². The van der Waals surface area contributed by atoms with Crippen LogP contribution in [-0.4, -0.2) is 60.5 Å². The predicted molar refractivity (Wildman–Crippen MR) is 143 cm³/mol. The molecular formula is C28H32FN3O5S. The van der Waals surface area contributed by atoms with Crippen LogP contribution in [0.1, 0.15) is 29.2 Å². The summed E-state index contributed by atoms with van der Waals surface area (Å²) < 4.78 is 39.9. The lowest BCUT2D eigenvalue weighted by Gasteiger charge is -2.33. The van der Waals surface area contributed by atoms with Crippen LogP contribution >= 0.6 is 0 Å². The first-order valence-electron chi connectivity index (χ1n) is 12.2. The number of halogens is 1. The Hall–Kier alpha value is -3.60. The summed E-state index contributed by atoms with van der Waals surface area (Å²) in [5.41, 5.74) is 1.80. The molecule has 3 rings (SSSR count). The molecule has 0 aromatic heterocycles. The number of benzene rings is 3. The lowest BCUT2D eigenvalue weighted by molar-refractivity contribution is -0.141. The highest BCUT2D eigenvalue weighted by Gasteiger charge is 2.33. The molecule has 3 aromatic rings. The van der Waals surface area contributed by atoms with Gasteiger partial charge in [-0.05, 0) is 35.2 Å². The number of aliphatic hydroxyl groups is 1. The molecule has 1 unspecified atom stereocenters. The van der Waals surface area contributed by atoms with Crippen molar-refractivity contribution in [1.82, 2.24) is 14.5 Å². The van der Waals surface area contributed by atoms with Crippen molar-refractivity contribution in [2.24, 2.45) is 0 Å². The number of rotatable bonds is 13. The van der Waals surface area contributed by atoms with Gasteiger partial charge in [-0.1, -0.05) is 72.8 Å². The van der Waals surface area contributed by atoms with Gasteiger partial charge in [0.05, 0.1) is 12.8 Å². The SMILES string of the molecule is CS(=O)(=O)N(CC(=O)N(Cc1ccc(F)cc1)C(C(=O)NCCCO)c1ccccc1)Cc1ccccc1. The van der Waals surface area contributed by atoms with Crippen molar-refractivity contribution in [3.8, 4) is 0 Å². The van der Waals surface area contributed by atoms with Gasteiger partial charge in [-0.2, -0.15) is 4.31 Å². The van der Waals surface area contributed by atoms with Gasteiger partial charge >= 0.3 is 0 Å². The summed E-state index contributed by atoms with van der Waals surface area (Å²) in [5, 5.41) is 11.9. The van der Waals surface area contributed by atoms with Gasteiger partial charge in [-0.15, -0.1) is 0 Å². The van der Waals surface area contributed by atoms with Crippen molar-refractivity contribution in [2.75, 3.05) is 26.0 Å². The molecule has 1 atom stereocenters. The van der Waals surface area contributed by atoms with E-state index in [0.717, 1.165) is 10.6 Å². The highest BCUT2D eigenvalue weighted by atomic mass is 32.2. The quantitative estimate of drug-likeness (QED) is 0.324. The fourth-order valence-corrected chi connectivity index (χ4v) is 4.65. The molecule has 0 fully saturated rings. The molecular weight excluding hydrogens is 509 g/mol. The summed E-state index contributed by atoms with van der Waals surface area (Å²) in [6.07, 6.45) is 1.36. The highest BCUT2D eigenvalue weighted by molar-refractivity contribution is 7.88. The average Bonchev–Trinajstić information content (AvgIpc) is 2.90. The molecule has 3 aromatic carbocycles. The third-order valence-corrected chi connectivity index (χ3v) is 7.07. The topological polar surface area (TPSA) is 107 Å². The lowest BCUT2D eigenvalue weighted by Crippen LogP contribution is -2.48. The molecule has 0 bridgehead atoms. The highest BCUT2D eigenvalue weighted by Crippen LogP contribution is 2.25. The molecule has 0 aliphatic rings. The van der Waals surface area contributed by atoms with Crippen LogP contribution in [-0.2, 0) is 32.7 Å². The Balaban J connectivity index is 1.99. The zero-order chi connectivity index (χ0) is 27.5. The summed E-state index contributed by atoms with van der Waals surface area (Å²) in [7, 11) is -3.79. The minimum atomic E-state index is -3.79. The predicted octanol–water partition coefficient (Wildman–Crippen LogP) is 2.86. The van der Waals surface area contributed by atoms with Crippen LogP contribution in [0.2, 0.25) is 0 Å². The first-order valence-corrected chi connectivity index (χ1v) is 14.0. The van der Waals surface area contributed by atoms with Gasteiger partial charge in [0.2, 0.25) is 21.8 Å². The van der Waals surface area contributed by atoms with Gasteiger partial charge in [-0.25, -0.2) is 12.8 Å². The first-order chi connectivity index (χ1) is 18.2. The molecule has 38 heavy (non-hydrogen) atoms. The summed E-state index contributed by atoms with van der Waals surface area (Å²) in [4.78, 5) is 28.5. The lowest BCUT2D eigenvalue weighted by atomic mass is 10.0. The second kappa shape index (κ2) is 13.8. The third kappa shape index (κ3) is 8.47. The van der Waals surface area contributed by atoms with E-state index >= 15 is 0 Å². The number of nitrogens with one attached hydrogen (secondary N) is 1. The van der Waals surface area contributed by atoms with Crippen LogP contribution in [0.25, 0.3) is 0 Å². The number of hydrogen-bond donors (Lipinski definition) is 2. The number of carbonyl (C=O) groups is 2. The van der Waals surface area contributed by atoms with Crippen molar-refractivity contribution < 1.29 is 27.5 Å². The second-order valence-electron chi connectivity index (χ2n) is 8.85. The van der Waals surface area contributed by atoms with E-state index in [4.69, 9.17) is 5.11 Å². The number of sulfonamides is 1. The van der Waals surface area contributed by atoms with Crippen LogP contribution in [0.15, 0.2) is 84.9 Å². The van der Waals surface area contributed by atoms with E-state index in [0.29, 0.717) is 23.1 Å². The Morgan fingerprint density at radius 2 is 1.47 bits per heavy atom. The number of carbonyl (C=O) groups excluding carboxylic acids is 2. The maximum atomic E-state index is 13.8. The number of hydrogen-bond acceptors (Lipinski definition) is 5. The van der Waals surface area contributed by atoms with Crippen molar-refractivity contribution in [1.29, 1.82) is 0 Å². The molecule has 0 aliphatic heterocycles. The standard InChI is InChI=1S/C28H32FN3O5S/c1-38(36,37)31(19-22-9-4-2-5-10-22)21-26(34)32(20-23-13-15-25(29)16-14-23)27(24-11-6-3-7-12-24)28(35)30-17-8-18-33/h2-7,9-16,27,33H,8,17-21H2,1H3,(H,30,35). The van der Waals surface area contributed by atoms with Crippen LogP contribution in [0, 0.1) is 5.82 Å². The molecule has 0 radical (unpaired) electrons. The van der Waals surface area contributed by atoms with Crippen molar-refractivity contribution in [2.45, 2.75) is 25.6 Å². The largest absolute Gasteiger partial charge is 0.396 e. The minimum Gasteiger partial charge on any atom is -0.396 e. The van der Waals surface area contributed by atoms with Crippen LogP contribution < -0.4 is 5.32 Å². The normalized spacial score (nSPS) is 12.2. The molecule has 0 spiro atoms. The molecule has 2 amide bonds. The molecule has 0 aliphatic carbocycles. The smallest absolute Gasteiger partial charge is 0.247 e. The fourth-order valence-electron chi connectivity index (χ4n) is 3.92. The summed E-state index contributed by atoms with van der Waals surface area (Å²) in [5.74, 6) is -1.52. The Labute approximate surface area is 222 Å². The number of amides is 2. The third-order valence-electron chi connectivity index (χ3n) is 5.88. The summed E-state index contributed by atoms with van der Waals surface area (Å²) in [6.45, 7) is -0.496. The summed E-state index contributed by atoms with van der Waals surface area (Å²) >= 11 is 0. The molecule has 10 heteroatoms. The van der Waals surface area contributed by atoms with Crippen LogP contribution in [0.4, 0.5) is 4.39 Å². The van der Waals surface area contributed by atoms with E-state index in [9.17, 15) is 22.4 Å². The van der Waals surface area contributed by atoms with E-state index in [2.05, 4.69) is 5.32 Å². The van der Waals surface area contributed by atoms with E-state index in [1.54, 1.807) is 54.6 Å². The first kappa shape index (κ1) is 29.0. The van der Waals surface area contributed by atoms with Crippen molar-refractivity contribution in [3.63, 3.8) is 0 Å². The van der Waals surface area contributed by atoms with Gasteiger partial charge in [0.1, 0.15) is 11.9 Å². The number of nitrogens with zero attached hydrogens (tertiary/aromatic N) is 2. The van der Waals surface area contributed by atoms with Gasteiger partial charge in [0, 0.05) is 26.2 Å². The zero-order valence-electron chi connectivity index (χ0n) is 21.2. The Bertz CT molecular complexity index is 1290. The van der Waals surface area contributed by atoms with E-state index in [1.165, 1.54) is 29.2 Å². The van der Waals surface area contributed by atoms with Gasteiger partial charge in [0.25, 0.3) is 0 Å². The van der Waals surface area contributed by atoms with Gasteiger partial charge in [-0.3, -0.25) is 9.59 Å². The van der Waals surface area contributed by atoms with Crippen LogP contribution in [0.3, 0.4) is 0 Å². The maximum Gasteiger partial charge on any atom is 0.247 e. The monoisotopic (exact) mass is 541 g/mol. The Kier molecular flexibility index (Phi) is 10.5. The number of aliphatic hydroxyl groups excluding tert-OH is 1.